The molecule has 2 aliphatic carbocycles. The second-order valence-electron chi connectivity index (χ2n) is 9.52. The van der Waals surface area contributed by atoms with Gasteiger partial charge in [-0.15, -0.1) is 0 Å². The van der Waals surface area contributed by atoms with Gasteiger partial charge in [0.05, 0.1) is 12.3 Å². The lowest BCUT2D eigenvalue weighted by molar-refractivity contribution is -0.131. The van der Waals surface area contributed by atoms with Gasteiger partial charge in [0.2, 0.25) is 5.91 Å². The zero-order valence-corrected chi connectivity index (χ0v) is 17.8. The van der Waals surface area contributed by atoms with Crippen molar-refractivity contribution in [1.82, 2.24) is 20.9 Å². The van der Waals surface area contributed by atoms with Crippen LogP contribution >= 0.6 is 0 Å². The molecule has 3 N–H and O–H groups in total. The largest absolute Gasteiger partial charge is 0.380 e. The Kier molecular flexibility index (Phi) is 6.92. The van der Waals surface area contributed by atoms with E-state index in [9.17, 15) is 4.79 Å². The number of likely N-dealkylation sites (tertiary alicyclic amines) is 1. The molecule has 7 unspecified atom stereocenters. The van der Waals surface area contributed by atoms with E-state index in [1.165, 1.54) is 57.8 Å². The fraction of sp³-hybridized carbons (Fsp3) is 0.955. The average molecular weight is 393 g/mol. The van der Waals surface area contributed by atoms with Crippen LogP contribution in [0.4, 0.5) is 0 Å². The molecule has 2 saturated carbocycles. The van der Waals surface area contributed by atoms with Crippen molar-refractivity contribution < 1.29 is 9.53 Å². The molecular weight excluding hydrogens is 352 g/mol. The molecule has 4 rings (SSSR count). The Hall–Kier alpha value is -0.690. The Balaban J connectivity index is 1.33. The summed E-state index contributed by atoms with van der Waals surface area (Å²) in [5, 5.41) is 11.5. The zero-order valence-electron chi connectivity index (χ0n) is 17.8. The third-order valence-corrected chi connectivity index (χ3v) is 7.76. The standard InChI is InChI=1S/C22H40N4O2/c1-15(27)26-13-11-16-6-5-8-19(22(16)26)24-17-10-12-23-21(14-17)25-18-7-3-4-9-20(18)28-2/h16-25H,3-14H2,1-2H3. The van der Waals surface area contributed by atoms with Gasteiger partial charge in [-0.1, -0.05) is 19.3 Å². The highest BCUT2D eigenvalue weighted by molar-refractivity contribution is 5.74. The summed E-state index contributed by atoms with van der Waals surface area (Å²) in [4.78, 5) is 14.3. The van der Waals surface area contributed by atoms with Gasteiger partial charge in [0.15, 0.2) is 0 Å². The molecule has 2 saturated heterocycles. The average Bonchev–Trinajstić information content (AvgIpc) is 3.14. The molecule has 4 aliphatic rings. The maximum absolute atomic E-state index is 12.1. The number of nitrogens with one attached hydrogen (secondary N) is 3. The Bertz CT molecular complexity index is 531. The zero-order chi connectivity index (χ0) is 19.5. The summed E-state index contributed by atoms with van der Waals surface area (Å²) in [7, 11) is 1.85. The fourth-order valence-corrected chi connectivity index (χ4v) is 6.39. The number of nitrogens with zero attached hydrogens (tertiary/aromatic N) is 1. The maximum atomic E-state index is 12.1. The van der Waals surface area contributed by atoms with Crippen molar-refractivity contribution in [1.29, 1.82) is 0 Å². The lowest BCUT2D eigenvalue weighted by atomic mass is 9.80. The first-order chi connectivity index (χ1) is 13.7. The van der Waals surface area contributed by atoms with Gasteiger partial charge in [0, 0.05) is 44.7 Å². The molecule has 0 aromatic rings. The summed E-state index contributed by atoms with van der Waals surface area (Å²) < 4.78 is 5.73. The number of hydrogen-bond donors (Lipinski definition) is 3. The van der Waals surface area contributed by atoms with Crippen LogP contribution in [-0.4, -0.2) is 67.4 Å². The van der Waals surface area contributed by atoms with Crippen LogP contribution in [0.2, 0.25) is 0 Å². The van der Waals surface area contributed by atoms with Gasteiger partial charge in [-0.2, -0.15) is 0 Å². The molecule has 6 heteroatoms. The first-order valence-electron chi connectivity index (χ1n) is 11.7. The Morgan fingerprint density at radius 3 is 2.64 bits per heavy atom. The summed E-state index contributed by atoms with van der Waals surface area (Å²) in [6.45, 7) is 3.76. The summed E-state index contributed by atoms with van der Waals surface area (Å²) in [6, 6.07) is 1.89. The van der Waals surface area contributed by atoms with Crippen LogP contribution in [0.3, 0.4) is 0 Å². The molecule has 0 aromatic carbocycles. The Morgan fingerprint density at radius 1 is 1.00 bits per heavy atom. The van der Waals surface area contributed by atoms with E-state index in [-0.39, 0.29) is 5.91 Å². The lowest BCUT2D eigenvalue weighted by Crippen LogP contribution is -2.61. The van der Waals surface area contributed by atoms with Crippen molar-refractivity contribution in [3.8, 4) is 0 Å². The third-order valence-electron chi connectivity index (χ3n) is 7.76. The number of carbonyl (C=O) groups excluding carboxylic acids is 1. The molecule has 0 spiro atoms. The number of ether oxygens (including phenoxy) is 1. The molecule has 7 atom stereocenters. The molecule has 0 aromatic heterocycles. The van der Waals surface area contributed by atoms with E-state index >= 15 is 0 Å². The summed E-state index contributed by atoms with van der Waals surface area (Å²) in [5.74, 6) is 0.962. The van der Waals surface area contributed by atoms with Crippen molar-refractivity contribution in [3.63, 3.8) is 0 Å². The van der Waals surface area contributed by atoms with E-state index in [4.69, 9.17) is 4.74 Å². The van der Waals surface area contributed by atoms with Crippen molar-refractivity contribution in [2.24, 2.45) is 5.92 Å². The predicted molar refractivity (Wildman–Crippen MR) is 111 cm³/mol. The summed E-state index contributed by atoms with van der Waals surface area (Å²) >= 11 is 0. The summed E-state index contributed by atoms with van der Waals surface area (Å²) in [5.41, 5.74) is 0. The number of carbonyl (C=O) groups is 1. The minimum atomic E-state index is 0.258. The minimum Gasteiger partial charge on any atom is -0.380 e. The normalized spacial score (nSPS) is 41.6. The molecule has 1 amide bonds. The topological polar surface area (TPSA) is 65.6 Å². The number of methoxy groups -OCH3 is 1. The number of amides is 1. The third kappa shape index (κ3) is 4.55. The molecular formula is C22H40N4O2. The summed E-state index contributed by atoms with van der Waals surface area (Å²) in [6.07, 6.45) is 13.0. The molecule has 28 heavy (non-hydrogen) atoms. The molecule has 160 valence electrons. The van der Waals surface area contributed by atoms with Gasteiger partial charge in [0.25, 0.3) is 0 Å². The van der Waals surface area contributed by atoms with Crippen LogP contribution in [0.1, 0.15) is 71.1 Å². The van der Waals surface area contributed by atoms with Crippen molar-refractivity contribution >= 4 is 5.91 Å². The van der Waals surface area contributed by atoms with E-state index < -0.39 is 0 Å². The number of rotatable bonds is 5. The predicted octanol–water partition coefficient (Wildman–Crippen LogP) is 1.99. The SMILES string of the molecule is COC1CCCCC1NC1CC(NC2CCCC3CCN(C(C)=O)C32)CCN1. The highest BCUT2D eigenvalue weighted by Gasteiger charge is 2.43. The Labute approximate surface area is 170 Å². The van der Waals surface area contributed by atoms with Crippen LogP contribution in [0.15, 0.2) is 0 Å². The van der Waals surface area contributed by atoms with E-state index in [2.05, 4.69) is 20.9 Å². The van der Waals surface area contributed by atoms with Crippen LogP contribution < -0.4 is 16.0 Å². The highest BCUT2D eigenvalue weighted by Crippen LogP contribution is 2.37. The smallest absolute Gasteiger partial charge is 0.219 e. The first-order valence-corrected chi connectivity index (χ1v) is 11.7. The van der Waals surface area contributed by atoms with E-state index in [1.54, 1.807) is 6.92 Å². The van der Waals surface area contributed by atoms with Crippen LogP contribution in [0.25, 0.3) is 0 Å². The monoisotopic (exact) mass is 392 g/mol. The molecule has 0 radical (unpaired) electrons. The number of fused-ring (bicyclic) bond motifs is 1. The number of hydrogen-bond acceptors (Lipinski definition) is 5. The second-order valence-corrected chi connectivity index (χ2v) is 9.52. The van der Waals surface area contributed by atoms with Gasteiger partial charge >= 0.3 is 0 Å². The van der Waals surface area contributed by atoms with Crippen molar-refractivity contribution in [2.45, 2.75) is 108 Å². The minimum absolute atomic E-state index is 0.258. The van der Waals surface area contributed by atoms with Gasteiger partial charge in [-0.05, 0) is 57.4 Å². The first kappa shape index (κ1) is 20.6. The quantitative estimate of drug-likeness (QED) is 0.668. The highest BCUT2D eigenvalue weighted by atomic mass is 16.5. The van der Waals surface area contributed by atoms with E-state index in [0.29, 0.717) is 42.4 Å². The van der Waals surface area contributed by atoms with Crippen molar-refractivity contribution in [3.05, 3.63) is 0 Å². The van der Waals surface area contributed by atoms with Gasteiger partial charge in [-0.25, -0.2) is 0 Å². The van der Waals surface area contributed by atoms with Gasteiger partial charge in [0.1, 0.15) is 0 Å². The van der Waals surface area contributed by atoms with Crippen molar-refractivity contribution in [2.75, 3.05) is 20.2 Å². The maximum Gasteiger partial charge on any atom is 0.219 e. The van der Waals surface area contributed by atoms with Crippen LogP contribution in [0, 0.1) is 5.92 Å². The Morgan fingerprint density at radius 2 is 1.82 bits per heavy atom. The van der Waals surface area contributed by atoms with Crippen LogP contribution in [-0.2, 0) is 9.53 Å². The van der Waals surface area contributed by atoms with Crippen LogP contribution in [0.5, 0.6) is 0 Å². The van der Waals surface area contributed by atoms with E-state index in [1.807, 2.05) is 7.11 Å². The molecule has 6 nitrogen and oxygen atoms in total. The van der Waals surface area contributed by atoms with E-state index in [0.717, 1.165) is 19.5 Å². The second kappa shape index (κ2) is 9.41. The van der Waals surface area contributed by atoms with Gasteiger partial charge in [-0.3, -0.25) is 10.1 Å². The molecule has 2 aliphatic heterocycles. The molecule has 2 heterocycles. The molecule has 4 fully saturated rings. The lowest BCUT2D eigenvalue weighted by Gasteiger charge is -2.43. The fourth-order valence-electron chi connectivity index (χ4n) is 6.39. The van der Waals surface area contributed by atoms with Gasteiger partial charge < -0.3 is 20.3 Å². The molecule has 0 bridgehead atoms. The number of piperidine rings is 1.